The second kappa shape index (κ2) is 6.30. The first-order chi connectivity index (χ1) is 9.79. The molecule has 1 aromatic heterocycles. The number of ketones is 1. The number of hydrogen-bond donors (Lipinski definition) is 1. The van der Waals surface area contributed by atoms with Crippen LogP contribution in [0.25, 0.3) is 0 Å². The maximum absolute atomic E-state index is 12.6. The summed E-state index contributed by atoms with van der Waals surface area (Å²) in [5, 5.41) is 9.89. The van der Waals surface area contributed by atoms with Crippen molar-refractivity contribution in [3.05, 3.63) is 23.0 Å². The molecule has 1 aliphatic rings. The lowest BCUT2D eigenvalue weighted by Gasteiger charge is -2.25. The van der Waals surface area contributed by atoms with Crippen molar-refractivity contribution in [2.24, 2.45) is 7.05 Å². The highest BCUT2D eigenvalue weighted by Gasteiger charge is 2.32. The summed E-state index contributed by atoms with van der Waals surface area (Å²) in [6, 6.07) is 2.22. The van der Waals surface area contributed by atoms with Crippen molar-refractivity contribution in [2.45, 2.75) is 32.4 Å². The number of Topliss-reactive ketones (excluding diaryl/α,β-unsaturated/α-hetero) is 1. The molecule has 0 aliphatic carbocycles. The zero-order chi connectivity index (χ0) is 15.7. The van der Waals surface area contributed by atoms with Gasteiger partial charge in [-0.15, -0.1) is 0 Å². The molecule has 2 rings (SSSR count). The minimum Gasteiger partial charge on any atom is -0.392 e. The molecule has 1 aliphatic heterocycles. The summed E-state index contributed by atoms with van der Waals surface area (Å²) in [5.74, 6) is 0.147. The summed E-state index contributed by atoms with van der Waals surface area (Å²) >= 11 is 0. The lowest BCUT2D eigenvalue weighted by Crippen LogP contribution is -2.40. The molecule has 0 bridgehead atoms. The van der Waals surface area contributed by atoms with Gasteiger partial charge in [-0.1, -0.05) is 0 Å². The van der Waals surface area contributed by atoms with E-state index in [4.69, 9.17) is 0 Å². The number of rotatable bonds is 5. The van der Waals surface area contributed by atoms with Crippen molar-refractivity contribution in [1.29, 1.82) is 0 Å². The number of β-amino-alcohol motifs (C(OH)–C–C–N with tert-alkyl or cyclic N) is 1. The standard InChI is InChI=1S/C16H27N3O2/c1-11-6-15(12(2)18(11)5)16(21)10-19-9-14(20)7-13(19)8-17(3)4/h6,13-14,20H,7-10H2,1-5H3. The van der Waals surface area contributed by atoms with Gasteiger partial charge in [0, 0.05) is 43.1 Å². The maximum Gasteiger partial charge on any atom is 0.178 e. The molecule has 0 amide bonds. The third-order valence-electron chi connectivity index (χ3n) is 4.50. The number of likely N-dealkylation sites (N-methyl/N-ethyl adjacent to an activating group) is 1. The van der Waals surface area contributed by atoms with Crippen molar-refractivity contribution < 1.29 is 9.90 Å². The SMILES string of the molecule is Cc1cc(C(=O)CN2CC(O)CC2CN(C)C)c(C)n1C. The molecule has 2 unspecified atom stereocenters. The maximum atomic E-state index is 12.6. The first-order valence-electron chi connectivity index (χ1n) is 7.52. The minimum atomic E-state index is -0.318. The minimum absolute atomic E-state index is 0.147. The van der Waals surface area contributed by atoms with E-state index in [2.05, 4.69) is 9.80 Å². The predicted molar refractivity (Wildman–Crippen MR) is 83.8 cm³/mol. The Morgan fingerprint density at radius 1 is 1.43 bits per heavy atom. The van der Waals surface area contributed by atoms with E-state index < -0.39 is 0 Å². The first-order valence-corrected chi connectivity index (χ1v) is 7.52. The largest absolute Gasteiger partial charge is 0.392 e. The second-order valence-corrected chi connectivity index (χ2v) is 6.50. The highest BCUT2D eigenvalue weighted by atomic mass is 16.3. The van der Waals surface area contributed by atoms with Gasteiger partial charge in [-0.05, 0) is 40.4 Å². The summed E-state index contributed by atoms with van der Waals surface area (Å²) in [6.45, 7) is 5.85. The topological polar surface area (TPSA) is 48.7 Å². The molecule has 0 saturated carbocycles. The summed E-state index contributed by atoms with van der Waals surface area (Å²) in [6.07, 6.45) is 0.430. The number of carbonyl (C=O) groups is 1. The molecule has 1 saturated heterocycles. The molecular weight excluding hydrogens is 266 g/mol. The lowest BCUT2D eigenvalue weighted by atomic mass is 10.1. The van der Waals surface area contributed by atoms with Crippen LogP contribution in [0.5, 0.6) is 0 Å². The normalized spacial score (nSPS) is 23.2. The molecule has 5 nitrogen and oxygen atoms in total. The quantitative estimate of drug-likeness (QED) is 0.817. The Hall–Kier alpha value is -1.17. The number of aryl methyl sites for hydroxylation is 1. The van der Waals surface area contributed by atoms with Crippen molar-refractivity contribution >= 4 is 5.78 Å². The molecular formula is C16H27N3O2. The van der Waals surface area contributed by atoms with Crippen LogP contribution in [0.1, 0.15) is 28.2 Å². The van der Waals surface area contributed by atoms with E-state index in [-0.39, 0.29) is 17.9 Å². The van der Waals surface area contributed by atoms with Crippen LogP contribution in [0, 0.1) is 13.8 Å². The van der Waals surface area contributed by atoms with E-state index >= 15 is 0 Å². The van der Waals surface area contributed by atoms with Crippen LogP contribution >= 0.6 is 0 Å². The molecule has 0 spiro atoms. The van der Waals surface area contributed by atoms with Gasteiger partial charge < -0.3 is 14.6 Å². The van der Waals surface area contributed by atoms with Crippen molar-refractivity contribution in [2.75, 3.05) is 33.7 Å². The van der Waals surface area contributed by atoms with Crippen LogP contribution in [-0.2, 0) is 7.05 Å². The van der Waals surface area contributed by atoms with E-state index in [1.54, 1.807) is 0 Å². The van der Waals surface area contributed by atoms with Gasteiger partial charge in [0.1, 0.15) is 0 Å². The molecule has 0 radical (unpaired) electrons. The van der Waals surface area contributed by atoms with Crippen LogP contribution in [0.3, 0.4) is 0 Å². The third kappa shape index (κ3) is 3.54. The fourth-order valence-electron chi connectivity index (χ4n) is 3.17. The highest BCUT2D eigenvalue weighted by Crippen LogP contribution is 2.20. The molecule has 21 heavy (non-hydrogen) atoms. The zero-order valence-corrected chi connectivity index (χ0v) is 13.8. The van der Waals surface area contributed by atoms with Gasteiger partial charge in [0.2, 0.25) is 0 Å². The van der Waals surface area contributed by atoms with E-state index in [1.165, 1.54) is 0 Å². The van der Waals surface area contributed by atoms with Gasteiger partial charge in [0.25, 0.3) is 0 Å². The molecule has 1 aromatic rings. The van der Waals surface area contributed by atoms with Crippen LogP contribution in [-0.4, -0.2) is 71.1 Å². The van der Waals surface area contributed by atoms with E-state index in [1.807, 2.05) is 45.6 Å². The summed E-state index contributed by atoms with van der Waals surface area (Å²) < 4.78 is 2.05. The number of aliphatic hydroxyl groups excluding tert-OH is 1. The Bertz CT molecular complexity index is 522. The number of likely N-dealkylation sites (tertiary alicyclic amines) is 1. The molecule has 2 atom stereocenters. The number of aliphatic hydroxyl groups is 1. The lowest BCUT2D eigenvalue weighted by molar-refractivity contribution is 0.0901. The smallest absolute Gasteiger partial charge is 0.178 e. The fourth-order valence-corrected chi connectivity index (χ4v) is 3.17. The van der Waals surface area contributed by atoms with Crippen molar-refractivity contribution in [3.63, 3.8) is 0 Å². The number of nitrogens with zero attached hydrogens (tertiary/aromatic N) is 3. The van der Waals surface area contributed by atoms with Crippen LogP contribution in [0.2, 0.25) is 0 Å². The first kappa shape index (κ1) is 16.2. The summed E-state index contributed by atoms with van der Waals surface area (Å²) in [5.41, 5.74) is 2.92. The second-order valence-electron chi connectivity index (χ2n) is 6.50. The molecule has 0 aromatic carbocycles. The van der Waals surface area contributed by atoms with Gasteiger partial charge in [-0.3, -0.25) is 9.69 Å². The fraction of sp³-hybridized carbons (Fsp3) is 0.688. The highest BCUT2D eigenvalue weighted by molar-refractivity contribution is 5.99. The van der Waals surface area contributed by atoms with Crippen LogP contribution in [0.15, 0.2) is 6.07 Å². The molecule has 5 heteroatoms. The average molecular weight is 293 g/mol. The number of hydrogen-bond acceptors (Lipinski definition) is 4. The van der Waals surface area contributed by atoms with Crippen LogP contribution in [0.4, 0.5) is 0 Å². The predicted octanol–water partition coefficient (Wildman–Crippen LogP) is 0.821. The van der Waals surface area contributed by atoms with Gasteiger partial charge in [-0.2, -0.15) is 0 Å². The van der Waals surface area contributed by atoms with Gasteiger partial charge in [0.05, 0.1) is 12.6 Å². The number of carbonyl (C=O) groups excluding carboxylic acids is 1. The monoisotopic (exact) mass is 293 g/mol. The Morgan fingerprint density at radius 2 is 2.10 bits per heavy atom. The molecule has 1 N–H and O–H groups in total. The van der Waals surface area contributed by atoms with Crippen molar-refractivity contribution in [3.8, 4) is 0 Å². The average Bonchev–Trinajstić information content (AvgIpc) is 2.84. The Balaban J connectivity index is 2.09. The van der Waals surface area contributed by atoms with Crippen LogP contribution < -0.4 is 0 Å². The van der Waals surface area contributed by atoms with E-state index in [0.717, 1.165) is 29.9 Å². The third-order valence-corrected chi connectivity index (χ3v) is 4.50. The van der Waals surface area contributed by atoms with E-state index in [9.17, 15) is 9.90 Å². The molecule has 1 fully saturated rings. The molecule has 2 heterocycles. The Kier molecular flexibility index (Phi) is 4.86. The molecule has 118 valence electrons. The van der Waals surface area contributed by atoms with E-state index in [0.29, 0.717) is 13.1 Å². The van der Waals surface area contributed by atoms with Gasteiger partial charge >= 0.3 is 0 Å². The summed E-state index contributed by atoms with van der Waals surface area (Å²) in [7, 11) is 6.03. The van der Waals surface area contributed by atoms with Gasteiger partial charge in [-0.25, -0.2) is 0 Å². The zero-order valence-electron chi connectivity index (χ0n) is 13.8. The summed E-state index contributed by atoms with van der Waals surface area (Å²) in [4.78, 5) is 16.8. The number of aromatic nitrogens is 1. The van der Waals surface area contributed by atoms with Gasteiger partial charge in [0.15, 0.2) is 5.78 Å². The Labute approximate surface area is 127 Å². The van der Waals surface area contributed by atoms with Crippen molar-refractivity contribution in [1.82, 2.24) is 14.4 Å². The Morgan fingerprint density at radius 3 is 2.62 bits per heavy atom.